The van der Waals surface area contributed by atoms with Crippen molar-refractivity contribution in [3.05, 3.63) is 53.5 Å². The van der Waals surface area contributed by atoms with Crippen molar-refractivity contribution in [1.29, 1.82) is 0 Å². The number of hydrogen-bond acceptors (Lipinski definition) is 7. The standard InChI is InChI=1S/C17H16BrN7/c18-14-8-21-17(22-9-14)20-7-12-10-25(11-12)16-2-1-15(23-24-16)13-3-5-19-6-4-13/h1-6,8-9,12H,7,10-11H2,(H,20,21,22). The topological polar surface area (TPSA) is 79.7 Å². The summed E-state index contributed by atoms with van der Waals surface area (Å²) in [6, 6.07) is 7.88. The van der Waals surface area contributed by atoms with Crippen LogP contribution in [0.15, 0.2) is 53.5 Å². The van der Waals surface area contributed by atoms with Crippen LogP contribution in [0.4, 0.5) is 11.8 Å². The van der Waals surface area contributed by atoms with E-state index >= 15 is 0 Å². The molecule has 7 nitrogen and oxygen atoms in total. The summed E-state index contributed by atoms with van der Waals surface area (Å²) in [6.07, 6.45) is 6.99. The van der Waals surface area contributed by atoms with Gasteiger partial charge in [0.1, 0.15) is 0 Å². The second kappa shape index (κ2) is 7.10. The molecule has 1 saturated heterocycles. The lowest BCUT2D eigenvalue weighted by atomic mass is 10.0. The predicted molar refractivity (Wildman–Crippen MR) is 99.2 cm³/mol. The van der Waals surface area contributed by atoms with Crippen LogP contribution in [-0.4, -0.2) is 44.8 Å². The van der Waals surface area contributed by atoms with Gasteiger partial charge in [0.2, 0.25) is 5.95 Å². The van der Waals surface area contributed by atoms with Crippen LogP contribution in [0.1, 0.15) is 0 Å². The molecule has 0 unspecified atom stereocenters. The van der Waals surface area contributed by atoms with Crippen molar-refractivity contribution in [2.45, 2.75) is 0 Å². The van der Waals surface area contributed by atoms with Crippen LogP contribution in [0.3, 0.4) is 0 Å². The quantitative estimate of drug-likeness (QED) is 0.708. The van der Waals surface area contributed by atoms with E-state index in [9.17, 15) is 0 Å². The van der Waals surface area contributed by atoms with Crippen LogP contribution >= 0.6 is 15.9 Å². The molecule has 25 heavy (non-hydrogen) atoms. The summed E-state index contributed by atoms with van der Waals surface area (Å²) >= 11 is 3.33. The van der Waals surface area contributed by atoms with Gasteiger partial charge in [-0.3, -0.25) is 4.98 Å². The molecule has 1 fully saturated rings. The molecule has 0 atom stereocenters. The largest absolute Gasteiger partial charge is 0.354 e. The zero-order valence-electron chi connectivity index (χ0n) is 13.4. The Morgan fingerprint density at radius 3 is 2.48 bits per heavy atom. The summed E-state index contributed by atoms with van der Waals surface area (Å²) < 4.78 is 0.877. The van der Waals surface area contributed by atoms with Crippen molar-refractivity contribution in [3.8, 4) is 11.3 Å². The van der Waals surface area contributed by atoms with Crippen molar-refractivity contribution in [2.24, 2.45) is 5.92 Å². The third-order valence-corrected chi connectivity index (χ3v) is 4.49. The fourth-order valence-electron chi connectivity index (χ4n) is 2.70. The second-order valence-electron chi connectivity index (χ2n) is 5.89. The molecule has 126 valence electrons. The Hall–Kier alpha value is -2.61. The lowest BCUT2D eigenvalue weighted by molar-refractivity contribution is 0.425. The van der Waals surface area contributed by atoms with Gasteiger partial charge in [-0.2, -0.15) is 0 Å². The average molecular weight is 398 g/mol. The van der Waals surface area contributed by atoms with Crippen LogP contribution in [0.5, 0.6) is 0 Å². The first kappa shape index (κ1) is 15.9. The van der Waals surface area contributed by atoms with Gasteiger partial charge < -0.3 is 10.2 Å². The number of nitrogens with one attached hydrogen (secondary N) is 1. The third-order valence-electron chi connectivity index (χ3n) is 4.08. The summed E-state index contributed by atoms with van der Waals surface area (Å²) in [7, 11) is 0. The van der Waals surface area contributed by atoms with Crippen molar-refractivity contribution in [3.63, 3.8) is 0 Å². The number of rotatable bonds is 5. The first-order valence-corrected chi connectivity index (χ1v) is 8.78. The van der Waals surface area contributed by atoms with Gasteiger partial charge >= 0.3 is 0 Å². The molecule has 4 heterocycles. The second-order valence-corrected chi connectivity index (χ2v) is 6.81. The number of halogens is 1. The van der Waals surface area contributed by atoms with E-state index in [0.29, 0.717) is 11.9 Å². The molecular formula is C17H16BrN7. The van der Waals surface area contributed by atoms with E-state index < -0.39 is 0 Å². The van der Waals surface area contributed by atoms with Crippen LogP contribution < -0.4 is 10.2 Å². The summed E-state index contributed by atoms with van der Waals surface area (Å²) in [5.41, 5.74) is 1.88. The van der Waals surface area contributed by atoms with Gasteiger partial charge in [0.25, 0.3) is 0 Å². The minimum Gasteiger partial charge on any atom is -0.354 e. The number of anilines is 2. The van der Waals surface area contributed by atoms with Gasteiger partial charge in [0.05, 0.1) is 10.2 Å². The van der Waals surface area contributed by atoms with E-state index in [0.717, 1.165) is 41.2 Å². The summed E-state index contributed by atoms with van der Waals surface area (Å²) in [5.74, 6) is 2.12. The van der Waals surface area contributed by atoms with E-state index in [1.54, 1.807) is 24.8 Å². The first-order chi connectivity index (χ1) is 12.3. The molecule has 8 heteroatoms. The zero-order valence-corrected chi connectivity index (χ0v) is 15.0. The molecule has 0 bridgehead atoms. The Morgan fingerprint density at radius 1 is 1.04 bits per heavy atom. The molecular weight excluding hydrogens is 382 g/mol. The fourth-order valence-corrected chi connectivity index (χ4v) is 2.90. The highest BCUT2D eigenvalue weighted by Gasteiger charge is 2.27. The minimum atomic E-state index is 0.550. The molecule has 1 aliphatic rings. The van der Waals surface area contributed by atoms with E-state index in [-0.39, 0.29) is 0 Å². The van der Waals surface area contributed by atoms with Gasteiger partial charge in [-0.25, -0.2) is 9.97 Å². The predicted octanol–water partition coefficient (Wildman–Crippen LogP) is 2.64. The molecule has 1 N–H and O–H groups in total. The fraction of sp³-hybridized carbons (Fsp3) is 0.235. The molecule has 0 aromatic carbocycles. The minimum absolute atomic E-state index is 0.550. The maximum atomic E-state index is 4.34. The average Bonchev–Trinajstić information content (AvgIpc) is 2.63. The molecule has 0 spiro atoms. The van der Waals surface area contributed by atoms with E-state index in [2.05, 4.69) is 51.3 Å². The summed E-state index contributed by atoms with van der Waals surface area (Å²) in [6.45, 7) is 2.75. The highest BCUT2D eigenvalue weighted by molar-refractivity contribution is 9.10. The van der Waals surface area contributed by atoms with Crippen molar-refractivity contribution >= 4 is 27.7 Å². The Balaban J connectivity index is 1.29. The van der Waals surface area contributed by atoms with E-state index in [1.807, 2.05) is 24.3 Å². The van der Waals surface area contributed by atoms with Crippen molar-refractivity contribution in [2.75, 3.05) is 29.9 Å². The molecule has 3 aromatic heterocycles. The van der Waals surface area contributed by atoms with Gasteiger partial charge in [-0.15, -0.1) is 10.2 Å². The number of hydrogen-bond donors (Lipinski definition) is 1. The molecule has 1 aliphatic heterocycles. The van der Waals surface area contributed by atoms with Crippen LogP contribution in [0, 0.1) is 5.92 Å². The van der Waals surface area contributed by atoms with Crippen LogP contribution in [-0.2, 0) is 0 Å². The highest BCUT2D eigenvalue weighted by atomic mass is 79.9. The van der Waals surface area contributed by atoms with Gasteiger partial charge in [0, 0.05) is 55.9 Å². The SMILES string of the molecule is Brc1cnc(NCC2CN(c3ccc(-c4ccncc4)nn3)C2)nc1. The highest BCUT2D eigenvalue weighted by Crippen LogP contribution is 2.24. The summed E-state index contributed by atoms with van der Waals surface area (Å²) in [5, 5.41) is 11.9. The van der Waals surface area contributed by atoms with Gasteiger partial charge in [-0.05, 0) is 40.2 Å². The number of nitrogens with zero attached hydrogens (tertiary/aromatic N) is 6. The normalized spacial score (nSPS) is 14.2. The maximum Gasteiger partial charge on any atom is 0.222 e. The Bertz CT molecular complexity index is 818. The van der Waals surface area contributed by atoms with Gasteiger partial charge in [-0.1, -0.05) is 0 Å². The first-order valence-electron chi connectivity index (χ1n) is 7.98. The molecule has 4 rings (SSSR count). The molecule has 3 aromatic rings. The smallest absolute Gasteiger partial charge is 0.222 e. The van der Waals surface area contributed by atoms with Crippen LogP contribution in [0.25, 0.3) is 11.3 Å². The van der Waals surface area contributed by atoms with Crippen molar-refractivity contribution in [1.82, 2.24) is 25.1 Å². The third kappa shape index (κ3) is 3.74. The number of aromatic nitrogens is 5. The maximum absolute atomic E-state index is 4.34. The molecule has 0 aliphatic carbocycles. The molecule has 0 amide bonds. The van der Waals surface area contributed by atoms with Gasteiger partial charge in [0.15, 0.2) is 5.82 Å². The Labute approximate surface area is 153 Å². The lowest BCUT2D eigenvalue weighted by Gasteiger charge is -2.39. The Kier molecular flexibility index (Phi) is 4.51. The van der Waals surface area contributed by atoms with Crippen LogP contribution in [0.2, 0.25) is 0 Å². The number of pyridine rings is 1. The molecule has 0 radical (unpaired) electrons. The lowest BCUT2D eigenvalue weighted by Crippen LogP contribution is -2.50. The van der Waals surface area contributed by atoms with Crippen molar-refractivity contribution < 1.29 is 0 Å². The molecule has 0 saturated carbocycles. The Morgan fingerprint density at radius 2 is 1.80 bits per heavy atom. The zero-order chi connectivity index (χ0) is 17.1. The monoisotopic (exact) mass is 397 g/mol. The van der Waals surface area contributed by atoms with E-state index in [1.165, 1.54) is 0 Å². The van der Waals surface area contributed by atoms with E-state index in [4.69, 9.17) is 0 Å². The summed E-state index contributed by atoms with van der Waals surface area (Å²) in [4.78, 5) is 14.7.